The summed E-state index contributed by atoms with van der Waals surface area (Å²) >= 11 is 5.35. The first-order valence-electron chi connectivity index (χ1n) is 6.79. The molecule has 3 N–H and O–H groups in total. The average molecular weight is 311 g/mol. The first-order chi connectivity index (χ1) is 10.6. The van der Waals surface area contributed by atoms with Gasteiger partial charge in [0, 0.05) is 23.5 Å². The number of benzene rings is 2. The Kier molecular flexibility index (Phi) is 4.09. The molecule has 0 aliphatic carbocycles. The molecule has 1 heterocycles. The Bertz CT molecular complexity index is 818. The molecule has 0 amide bonds. The summed E-state index contributed by atoms with van der Waals surface area (Å²) in [4.78, 5) is 4.57. The Hall–Kier alpha value is -2.37. The number of nitrogens with zero attached hydrogens (tertiary/aromatic N) is 1. The number of aromatic nitrogens is 1. The van der Waals surface area contributed by atoms with Crippen LogP contribution < -0.4 is 11.1 Å². The first-order valence-corrected chi connectivity index (χ1v) is 7.20. The van der Waals surface area contributed by atoms with Crippen molar-refractivity contribution in [2.24, 2.45) is 5.73 Å². The van der Waals surface area contributed by atoms with Crippen molar-refractivity contribution in [3.63, 3.8) is 0 Å². The fraction of sp³-hybridized carbons (Fsp3) is 0.0588. The second kappa shape index (κ2) is 6.17. The first kappa shape index (κ1) is 14.6. The van der Waals surface area contributed by atoms with Gasteiger partial charge in [-0.25, -0.2) is 4.39 Å². The molecule has 1 atom stereocenters. The van der Waals surface area contributed by atoms with Crippen molar-refractivity contribution in [3.8, 4) is 0 Å². The monoisotopic (exact) mass is 311 g/mol. The largest absolute Gasteiger partial charge is 0.348 e. The van der Waals surface area contributed by atoms with Crippen LogP contribution in [0.1, 0.15) is 11.6 Å². The number of rotatable bonds is 3. The number of hydrogen-bond donors (Lipinski definition) is 2. The normalized spacial score (nSPS) is 12.1. The van der Waals surface area contributed by atoms with E-state index in [1.165, 1.54) is 12.1 Å². The molecule has 0 bridgehead atoms. The SMILES string of the molecule is NC(C(=S)Nc1ccc2cnccc2c1)c1ccc(F)cc1. The minimum Gasteiger partial charge on any atom is -0.348 e. The van der Waals surface area contributed by atoms with Gasteiger partial charge in [-0.2, -0.15) is 0 Å². The molecule has 1 aromatic heterocycles. The van der Waals surface area contributed by atoms with Gasteiger partial charge in [0.05, 0.1) is 6.04 Å². The molecule has 0 spiro atoms. The van der Waals surface area contributed by atoms with Crippen LogP contribution in [0, 0.1) is 5.82 Å². The number of nitrogens with one attached hydrogen (secondary N) is 1. The lowest BCUT2D eigenvalue weighted by Gasteiger charge is -2.16. The van der Waals surface area contributed by atoms with Crippen LogP contribution >= 0.6 is 12.2 Å². The number of thiocarbonyl (C=S) groups is 1. The van der Waals surface area contributed by atoms with Gasteiger partial charge in [-0.15, -0.1) is 0 Å². The molecular formula is C17H14FN3S. The van der Waals surface area contributed by atoms with Crippen molar-refractivity contribution in [2.75, 3.05) is 5.32 Å². The van der Waals surface area contributed by atoms with Crippen LogP contribution in [-0.4, -0.2) is 9.97 Å². The smallest absolute Gasteiger partial charge is 0.123 e. The number of pyridine rings is 1. The van der Waals surface area contributed by atoms with E-state index in [4.69, 9.17) is 18.0 Å². The van der Waals surface area contributed by atoms with Crippen molar-refractivity contribution in [3.05, 3.63) is 72.3 Å². The third-order valence-corrected chi connectivity index (χ3v) is 3.78. The van der Waals surface area contributed by atoms with Crippen molar-refractivity contribution >= 4 is 33.7 Å². The van der Waals surface area contributed by atoms with Crippen LogP contribution in [0.15, 0.2) is 60.9 Å². The van der Waals surface area contributed by atoms with Gasteiger partial charge in [-0.05, 0) is 41.3 Å². The van der Waals surface area contributed by atoms with Gasteiger partial charge >= 0.3 is 0 Å². The Balaban J connectivity index is 1.78. The van der Waals surface area contributed by atoms with E-state index in [2.05, 4.69) is 10.3 Å². The lowest BCUT2D eigenvalue weighted by molar-refractivity contribution is 0.627. The summed E-state index contributed by atoms with van der Waals surface area (Å²) in [7, 11) is 0. The van der Waals surface area contributed by atoms with E-state index in [-0.39, 0.29) is 5.82 Å². The lowest BCUT2D eigenvalue weighted by atomic mass is 10.1. The maximum atomic E-state index is 13.0. The third-order valence-electron chi connectivity index (χ3n) is 3.42. The van der Waals surface area contributed by atoms with Crippen LogP contribution in [0.2, 0.25) is 0 Å². The second-order valence-electron chi connectivity index (χ2n) is 4.96. The van der Waals surface area contributed by atoms with Gasteiger partial charge in [-0.3, -0.25) is 4.98 Å². The quantitative estimate of drug-likeness (QED) is 0.722. The lowest BCUT2D eigenvalue weighted by Crippen LogP contribution is -2.26. The Labute approximate surface area is 133 Å². The summed E-state index contributed by atoms with van der Waals surface area (Å²) in [5.74, 6) is -0.294. The highest BCUT2D eigenvalue weighted by Gasteiger charge is 2.12. The van der Waals surface area contributed by atoms with E-state index in [1.54, 1.807) is 18.3 Å². The predicted molar refractivity (Wildman–Crippen MR) is 91.3 cm³/mol. The van der Waals surface area contributed by atoms with Crippen molar-refractivity contribution in [1.29, 1.82) is 0 Å². The number of halogens is 1. The fourth-order valence-electron chi connectivity index (χ4n) is 2.20. The summed E-state index contributed by atoms with van der Waals surface area (Å²) in [5, 5.41) is 5.26. The van der Waals surface area contributed by atoms with Gasteiger partial charge in [0.15, 0.2) is 0 Å². The summed E-state index contributed by atoms with van der Waals surface area (Å²) in [6.45, 7) is 0. The van der Waals surface area contributed by atoms with Gasteiger partial charge in [0.2, 0.25) is 0 Å². The van der Waals surface area contributed by atoms with Crippen molar-refractivity contribution < 1.29 is 4.39 Å². The second-order valence-corrected chi connectivity index (χ2v) is 5.40. The molecule has 5 heteroatoms. The minimum atomic E-state index is -0.483. The summed E-state index contributed by atoms with van der Waals surface area (Å²) < 4.78 is 13.0. The van der Waals surface area contributed by atoms with Crippen LogP contribution in [0.4, 0.5) is 10.1 Å². The van der Waals surface area contributed by atoms with E-state index < -0.39 is 6.04 Å². The summed E-state index contributed by atoms with van der Waals surface area (Å²) in [5.41, 5.74) is 7.74. The van der Waals surface area contributed by atoms with Crippen LogP contribution in [0.25, 0.3) is 10.8 Å². The molecule has 0 aliphatic rings. The maximum absolute atomic E-state index is 13.0. The van der Waals surface area contributed by atoms with Crippen LogP contribution in [0.5, 0.6) is 0 Å². The molecule has 3 rings (SSSR count). The predicted octanol–water partition coefficient (Wildman–Crippen LogP) is 3.81. The molecule has 3 nitrogen and oxygen atoms in total. The highest BCUT2D eigenvalue weighted by Crippen LogP contribution is 2.20. The molecule has 0 saturated heterocycles. The maximum Gasteiger partial charge on any atom is 0.123 e. The molecule has 3 aromatic rings. The van der Waals surface area contributed by atoms with Gasteiger partial charge in [0.25, 0.3) is 0 Å². The Morgan fingerprint density at radius 1 is 1.09 bits per heavy atom. The molecule has 2 aromatic carbocycles. The zero-order valence-electron chi connectivity index (χ0n) is 11.7. The highest BCUT2D eigenvalue weighted by atomic mass is 32.1. The molecule has 0 radical (unpaired) electrons. The summed E-state index contributed by atoms with van der Waals surface area (Å²) in [6.07, 6.45) is 3.55. The highest BCUT2D eigenvalue weighted by molar-refractivity contribution is 7.80. The van der Waals surface area contributed by atoms with E-state index >= 15 is 0 Å². The number of nitrogens with two attached hydrogens (primary N) is 1. The minimum absolute atomic E-state index is 0.294. The number of fused-ring (bicyclic) bond motifs is 1. The topological polar surface area (TPSA) is 50.9 Å². The molecule has 1 unspecified atom stereocenters. The molecule has 22 heavy (non-hydrogen) atoms. The third kappa shape index (κ3) is 3.10. The van der Waals surface area contributed by atoms with Crippen molar-refractivity contribution in [1.82, 2.24) is 4.98 Å². The average Bonchev–Trinajstić information content (AvgIpc) is 2.55. The molecule has 110 valence electrons. The number of hydrogen-bond acceptors (Lipinski definition) is 3. The van der Waals surface area contributed by atoms with E-state index in [1.807, 2.05) is 30.5 Å². The zero-order valence-corrected chi connectivity index (χ0v) is 12.5. The van der Waals surface area contributed by atoms with Gasteiger partial charge in [-0.1, -0.05) is 30.4 Å². The number of anilines is 1. The Morgan fingerprint density at radius 2 is 1.86 bits per heavy atom. The van der Waals surface area contributed by atoms with Crippen LogP contribution in [-0.2, 0) is 0 Å². The molecule has 0 aliphatic heterocycles. The van der Waals surface area contributed by atoms with E-state index in [9.17, 15) is 4.39 Å². The van der Waals surface area contributed by atoms with Gasteiger partial charge < -0.3 is 11.1 Å². The van der Waals surface area contributed by atoms with E-state index in [0.29, 0.717) is 4.99 Å². The van der Waals surface area contributed by atoms with Gasteiger partial charge in [0.1, 0.15) is 10.8 Å². The standard InChI is InChI=1S/C17H14FN3S/c18-14-4-1-11(2-5-14)16(19)17(22)21-15-6-3-13-10-20-8-7-12(13)9-15/h1-10,16H,19H2,(H,21,22). The van der Waals surface area contributed by atoms with Crippen molar-refractivity contribution in [2.45, 2.75) is 6.04 Å². The molecule has 0 saturated carbocycles. The zero-order chi connectivity index (χ0) is 15.5. The Morgan fingerprint density at radius 3 is 2.64 bits per heavy atom. The fourth-order valence-corrected chi connectivity index (χ4v) is 2.46. The van der Waals surface area contributed by atoms with Crippen LogP contribution in [0.3, 0.4) is 0 Å². The molecular weight excluding hydrogens is 297 g/mol. The van der Waals surface area contributed by atoms with E-state index in [0.717, 1.165) is 22.0 Å². The summed E-state index contributed by atoms with van der Waals surface area (Å²) in [6, 6.07) is 13.4. The molecule has 0 fully saturated rings.